The van der Waals surface area contributed by atoms with Crippen molar-refractivity contribution in [3.63, 3.8) is 0 Å². The van der Waals surface area contributed by atoms with Gasteiger partial charge in [-0.15, -0.1) is 0 Å². The van der Waals surface area contributed by atoms with Gasteiger partial charge in [-0.05, 0) is 32.0 Å². The van der Waals surface area contributed by atoms with Crippen molar-refractivity contribution in [3.05, 3.63) is 27.8 Å². The number of nitrogens with two attached hydrogens (primary N) is 1. The lowest BCUT2D eigenvalue weighted by Gasteiger charge is -2.27. The van der Waals surface area contributed by atoms with Crippen molar-refractivity contribution in [3.8, 4) is 5.75 Å². The number of halogens is 3. The van der Waals surface area contributed by atoms with Crippen LogP contribution in [0.25, 0.3) is 10.9 Å². The van der Waals surface area contributed by atoms with Crippen molar-refractivity contribution in [2.45, 2.75) is 25.1 Å². The summed E-state index contributed by atoms with van der Waals surface area (Å²) in [5.41, 5.74) is 4.04. The van der Waals surface area contributed by atoms with Crippen molar-refractivity contribution < 1.29 is 32.6 Å². The van der Waals surface area contributed by atoms with Crippen LogP contribution in [-0.2, 0) is 7.05 Å². The Labute approximate surface area is 168 Å². The number of aryl methyl sites for hydroxylation is 1. The Morgan fingerprint density at radius 3 is 2.50 bits per heavy atom. The molecule has 1 fully saturated rings. The average molecular weight is 430 g/mol. The highest BCUT2D eigenvalue weighted by atomic mass is 19.4. The summed E-state index contributed by atoms with van der Waals surface area (Å²) in [7, 11) is 1.32. The van der Waals surface area contributed by atoms with E-state index in [2.05, 4.69) is 5.32 Å². The highest BCUT2D eigenvalue weighted by Crippen LogP contribution is 2.33. The quantitative estimate of drug-likeness (QED) is 0.572. The molecule has 164 valence electrons. The summed E-state index contributed by atoms with van der Waals surface area (Å²) < 4.78 is 45.4. The minimum absolute atomic E-state index is 0.00737. The predicted octanol–water partition coefficient (Wildman–Crippen LogP) is 0.480. The minimum atomic E-state index is -4.71. The van der Waals surface area contributed by atoms with Crippen LogP contribution in [0.1, 0.15) is 39.9 Å². The number of Topliss-reactive ketones (excluding diaryl/α,β-unsaturated/α-hetero) is 1. The number of primary amides is 1. The number of hydrogen-bond acceptors (Lipinski definition) is 6. The number of piperidine rings is 1. The lowest BCUT2D eigenvalue weighted by atomic mass is 10.0. The lowest BCUT2D eigenvalue weighted by molar-refractivity contribution is -0.153. The molecule has 0 saturated carbocycles. The van der Waals surface area contributed by atoms with Gasteiger partial charge in [-0.2, -0.15) is 13.2 Å². The first-order chi connectivity index (χ1) is 14.1. The van der Waals surface area contributed by atoms with E-state index in [-0.39, 0.29) is 16.6 Å². The molecule has 0 radical (unpaired) electrons. The zero-order valence-electron chi connectivity index (χ0n) is 16.1. The number of pyridine rings is 1. The van der Waals surface area contributed by atoms with E-state index in [0.29, 0.717) is 25.9 Å². The molecule has 12 heteroatoms. The Balaban J connectivity index is 2.34. The van der Waals surface area contributed by atoms with Crippen molar-refractivity contribution in [1.82, 2.24) is 14.5 Å². The van der Waals surface area contributed by atoms with Crippen molar-refractivity contribution in [2.24, 2.45) is 12.8 Å². The van der Waals surface area contributed by atoms with Gasteiger partial charge in [0.05, 0.1) is 11.2 Å². The highest BCUT2D eigenvalue weighted by molar-refractivity contribution is 6.05. The number of aromatic nitrogens is 2. The van der Waals surface area contributed by atoms with Gasteiger partial charge in [-0.25, -0.2) is 0 Å². The normalized spacial score (nSPS) is 15.5. The molecule has 30 heavy (non-hydrogen) atoms. The number of aliphatic hydroxyl groups excluding tert-OH is 1. The number of carbonyl (C=O) groups excluding carboxylic acids is 2. The van der Waals surface area contributed by atoms with E-state index in [1.807, 2.05) is 0 Å². The van der Waals surface area contributed by atoms with Gasteiger partial charge in [0.1, 0.15) is 17.7 Å². The molecule has 3 heterocycles. The Morgan fingerprint density at radius 1 is 1.33 bits per heavy atom. The Morgan fingerprint density at radius 2 is 1.97 bits per heavy atom. The Bertz CT molecular complexity index is 1050. The molecule has 0 atom stereocenters. The first-order valence-electron chi connectivity index (χ1n) is 9.18. The van der Waals surface area contributed by atoms with Crippen molar-refractivity contribution in [2.75, 3.05) is 26.3 Å². The van der Waals surface area contributed by atoms with Crippen LogP contribution in [0, 0.1) is 0 Å². The second-order valence-electron chi connectivity index (χ2n) is 7.03. The third-order valence-electron chi connectivity index (χ3n) is 5.08. The molecule has 0 aromatic carbocycles. The number of fused-ring (bicyclic) bond motifs is 1. The average Bonchev–Trinajstić information content (AvgIpc) is 2.98. The molecule has 1 aliphatic rings. The van der Waals surface area contributed by atoms with Gasteiger partial charge in [0.25, 0.3) is 11.5 Å². The maximum Gasteiger partial charge on any atom is 0.422 e. The van der Waals surface area contributed by atoms with E-state index < -0.39 is 54.1 Å². The van der Waals surface area contributed by atoms with E-state index in [9.17, 15) is 32.7 Å². The van der Waals surface area contributed by atoms with Crippen molar-refractivity contribution >= 4 is 22.6 Å². The van der Waals surface area contributed by atoms with Gasteiger partial charge >= 0.3 is 6.18 Å². The van der Waals surface area contributed by atoms with E-state index in [0.717, 1.165) is 4.57 Å². The second kappa shape index (κ2) is 8.11. The molecule has 1 amide bonds. The molecule has 3 rings (SSSR count). The largest absolute Gasteiger partial charge is 0.481 e. The topological polar surface area (TPSA) is 129 Å². The van der Waals surface area contributed by atoms with Crippen LogP contribution in [0.3, 0.4) is 0 Å². The van der Waals surface area contributed by atoms with Crippen LogP contribution >= 0.6 is 0 Å². The molecule has 0 spiro atoms. The molecule has 0 bridgehead atoms. The fraction of sp³-hybridized carbons (Fsp3) is 0.500. The number of rotatable bonds is 6. The molecule has 1 saturated heterocycles. The molecule has 4 N–H and O–H groups in total. The summed E-state index contributed by atoms with van der Waals surface area (Å²) in [4.78, 5) is 37.7. The first kappa shape index (κ1) is 21.8. The molecule has 1 aliphatic heterocycles. The second-order valence-corrected chi connectivity index (χ2v) is 7.03. The maximum atomic E-state index is 13.4. The minimum Gasteiger partial charge on any atom is -0.481 e. The first-order valence-corrected chi connectivity index (χ1v) is 9.18. The van der Waals surface area contributed by atoms with Crippen molar-refractivity contribution in [1.29, 1.82) is 0 Å². The molecular weight excluding hydrogens is 409 g/mol. The zero-order valence-corrected chi connectivity index (χ0v) is 16.1. The number of carbonyl (C=O) groups is 2. The monoisotopic (exact) mass is 430 g/mol. The number of nitrogens with one attached hydrogen (secondary N) is 1. The molecule has 9 nitrogen and oxygen atoms in total. The fourth-order valence-corrected chi connectivity index (χ4v) is 3.77. The van der Waals surface area contributed by atoms with E-state index >= 15 is 0 Å². The zero-order chi connectivity index (χ0) is 22.2. The molecule has 2 aromatic rings. The summed E-state index contributed by atoms with van der Waals surface area (Å²) in [6.07, 6.45) is -3.73. The van der Waals surface area contributed by atoms with E-state index in [1.165, 1.54) is 17.7 Å². The standard InChI is InChI=1S/C18H21F3N4O5/c1-24-11-6-10(12(27)7-26)25(9-2-4-23-5-3-9)17(29)13(11)15(14(24)16(22)28)30-8-18(19,20)21/h6,9,23,26H,2-5,7-8H2,1H3,(H2,22,28). The van der Waals surface area contributed by atoms with Crippen LogP contribution in [0.4, 0.5) is 13.2 Å². The summed E-state index contributed by atoms with van der Waals surface area (Å²) in [5, 5.41) is 12.2. The lowest BCUT2D eigenvalue weighted by Crippen LogP contribution is -2.37. The summed E-state index contributed by atoms with van der Waals surface area (Å²) in [5.74, 6) is -2.39. The van der Waals surface area contributed by atoms with Gasteiger partial charge < -0.3 is 30.0 Å². The van der Waals surface area contributed by atoms with Gasteiger partial charge in [0.15, 0.2) is 12.4 Å². The third-order valence-corrected chi connectivity index (χ3v) is 5.08. The van der Waals surface area contributed by atoms with Crippen LogP contribution < -0.4 is 21.3 Å². The highest BCUT2D eigenvalue weighted by Gasteiger charge is 2.33. The fourth-order valence-electron chi connectivity index (χ4n) is 3.77. The van der Waals surface area contributed by atoms with Gasteiger partial charge in [-0.1, -0.05) is 0 Å². The number of ketones is 1. The molecule has 0 aliphatic carbocycles. The SMILES string of the molecule is Cn1c(C(N)=O)c(OCC(F)(F)F)c2c(=O)n(C3CCNCC3)c(C(=O)CO)cc21. The number of nitrogens with zero attached hydrogens (tertiary/aromatic N) is 2. The Hall–Kier alpha value is -2.86. The molecular formula is C18H21F3N4O5. The van der Waals surface area contributed by atoms with Gasteiger partial charge in [-0.3, -0.25) is 14.4 Å². The van der Waals surface area contributed by atoms with E-state index in [4.69, 9.17) is 10.5 Å². The molecule has 0 unspecified atom stereocenters. The number of ether oxygens (including phenoxy) is 1. The van der Waals surface area contributed by atoms with Crippen LogP contribution in [0.2, 0.25) is 0 Å². The molecule has 2 aromatic heterocycles. The van der Waals surface area contributed by atoms with Crippen LogP contribution in [0.5, 0.6) is 5.75 Å². The smallest absolute Gasteiger partial charge is 0.422 e. The Kier molecular flexibility index (Phi) is 5.90. The summed E-state index contributed by atoms with van der Waals surface area (Å²) in [6.45, 7) is -1.45. The summed E-state index contributed by atoms with van der Waals surface area (Å²) >= 11 is 0. The predicted molar refractivity (Wildman–Crippen MR) is 99.8 cm³/mol. The van der Waals surface area contributed by atoms with E-state index in [1.54, 1.807) is 0 Å². The van der Waals surface area contributed by atoms with Gasteiger partial charge in [0, 0.05) is 13.1 Å². The number of amides is 1. The third kappa shape index (κ3) is 3.92. The van der Waals surface area contributed by atoms with Crippen LogP contribution in [0.15, 0.2) is 10.9 Å². The number of alkyl halides is 3. The number of hydrogen-bond donors (Lipinski definition) is 3. The number of aliphatic hydroxyl groups is 1. The van der Waals surface area contributed by atoms with Crippen LogP contribution in [-0.4, -0.2) is 58.4 Å². The van der Waals surface area contributed by atoms with Gasteiger partial charge in [0.2, 0.25) is 5.78 Å². The maximum absolute atomic E-state index is 13.4. The summed E-state index contributed by atoms with van der Waals surface area (Å²) in [6, 6.07) is 0.853.